The van der Waals surface area contributed by atoms with Gasteiger partial charge in [-0.05, 0) is 25.0 Å². The lowest BCUT2D eigenvalue weighted by molar-refractivity contribution is 0.00222. The summed E-state index contributed by atoms with van der Waals surface area (Å²) in [5.41, 5.74) is 0. The summed E-state index contributed by atoms with van der Waals surface area (Å²) in [6.07, 6.45) is 5.64. The van der Waals surface area contributed by atoms with Gasteiger partial charge in [-0.1, -0.05) is 44.4 Å². The minimum absolute atomic E-state index is 0.00718. The van der Waals surface area contributed by atoms with Crippen LogP contribution in [0, 0.1) is 0 Å². The van der Waals surface area contributed by atoms with E-state index in [-0.39, 0.29) is 19.3 Å². The number of unbranched alkanes of at least 4 members (excludes halogenated alkanes) is 3. The van der Waals surface area contributed by atoms with Gasteiger partial charge in [0.2, 0.25) is 0 Å². The topological polar surface area (TPSA) is 94.5 Å². The summed E-state index contributed by atoms with van der Waals surface area (Å²) in [6.45, 7) is 3.34. The number of benzene rings is 1. The van der Waals surface area contributed by atoms with Crippen LogP contribution in [0.3, 0.4) is 0 Å². The van der Waals surface area contributed by atoms with Gasteiger partial charge in [0.25, 0.3) is 0 Å². The normalized spacial score (nSPS) is 12.9. The van der Waals surface area contributed by atoms with Crippen molar-refractivity contribution in [3.63, 3.8) is 0 Å². The maximum atomic E-state index is 10.5. The predicted octanol–water partition coefficient (Wildman–Crippen LogP) is 3.55. The number of hydrogen-bond donors (Lipinski definition) is 2. The molecule has 7 nitrogen and oxygen atoms in total. The van der Waals surface area contributed by atoms with E-state index in [2.05, 4.69) is 11.4 Å². The van der Waals surface area contributed by atoms with Gasteiger partial charge in [0, 0.05) is 0 Å². The zero-order valence-electron chi connectivity index (χ0n) is 15.4. The van der Waals surface area contributed by atoms with E-state index in [9.17, 15) is 4.57 Å². The zero-order chi connectivity index (χ0) is 19.1. The molecule has 0 amide bonds. The van der Waals surface area contributed by atoms with Crippen molar-refractivity contribution in [3.8, 4) is 5.75 Å². The van der Waals surface area contributed by atoms with Gasteiger partial charge in [-0.3, -0.25) is 4.52 Å². The fourth-order valence-electron chi connectivity index (χ4n) is 2.32. The van der Waals surface area contributed by atoms with Crippen molar-refractivity contribution >= 4 is 7.82 Å². The largest absolute Gasteiger partial charge is 0.488 e. The number of hydrogen-bond acceptors (Lipinski definition) is 5. The van der Waals surface area contributed by atoms with Crippen LogP contribution in [-0.4, -0.2) is 48.9 Å². The first-order valence-corrected chi connectivity index (χ1v) is 10.6. The molecule has 1 unspecified atom stereocenters. The molecule has 1 atom stereocenters. The van der Waals surface area contributed by atoms with Gasteiger partial charge in [-0.15, -0.1) is 0 Å². The Bertz CT molecular complexity index is 492. The molecule has 0 aliphatic rings. The molecule has 0 saturated carbocycles. The third-order valence-corrected chi connectivity index (χ3v) is 4.11. The van der Waals surface area contributed by atoms with Gasteiger partial charge in [-0.2, -0.15) is 0 Å². The van der Waals surface area contributed by atoms with Crippen LogP contribution >= 0.6 is 7.82 Å². The molecule has 26 heavy (non-hydrogen) atoms. The van der Waals surface area contributed by atoms with Gasteiger partial charge in [0.15, 0.2) is 0 Å². The molecular formula is C18H31O7P. The molecule has 0 heterocycles. The van der Waals surface area contributed by atoms with Crippen molar-refractivity contribution in [2.24, 2.45) is 0 Å². The monoisotopic (exact) mass is 390 g/mol. The summed E-state index contributed by atoms with van der Waals surface area (Å²) in [6, 6.07) is 9.70. The van der Waals surface area contributed by atoms with Crippen molar-refractivity contribution in [2.45, 2.75) is 45.1 Å². The van der Waals surface area contributed by atoms with E-state index in [0.29, 0.717) is 19.8 Å². The lowest BCUT2D eigenvalue weighted by atomic mass is 10.1. The van der Waals surface area contributed by atoms with E-state index in [0.717, 1.165) is 18.6 Å². The second kappa shape index (κ2) is 14.2. The van der Waals surface area contributed by atoms with Crippen molar-refractivity contribution in [1.82, 2.24) is 0 Å². The van der Waals surface area contributed by atoms with Crippen LogP contribution < -0.4 is 4.74 Å². The third-order valence-electron chi connectivity index (χ3n) is 3.59. The van der Waals surface area contributed by atoms with Gasteiger partial charge < -0.3 is 24.0 Å². The SMILES string of the molecule is CCCCCCC(COCCOCCOP(=O)(O)O)Oc1ccccc1. The molecule has 0 spiro atoms. The summed E-state index contributed by atoms with van der Waals surface area (Å²) in [7, 11) is -4.42. The molecule has 2 N–H and O–H groups in total. The molecular weight excluding hydrogens is 359 g/mol. The van der Waals surface area contributed by atoms with Crippen molar-refractivity contribution in [3.05, 3.63) is 30.3 Å². The highest BCUT2D eigenvalue weighted by Crippen LogP contribution is 2.35. The van der Waals surface area contributed by atoms with Crippen LogP contribution in [0.15, 0.2) is 30.3 Å². The van der Waals surface area contributed by atoms with E-state index >= 15 is 0 Å². The Morgan fingerprint density at radius 1 is 0.962 bits per heavy atom. The van der Waals surface area contributed by atoms with Crippen LogP contribution in [0.4, 0.5) is 0 Å². The Morgan fingerprint density at radius 2 is 1.65 bits per heavy atom. The molecule has 0 aromatic heterocycles. The highest BCUT2D eigenvalue weighted by atomic mass is 31.2. The molecule has 0 aliphatic carbocycles. The van der Waals surface area contributed by atoms with Gasteiger partial charge >= 0.3 is 7.82 Å². The summed E-state index contributed by atoms with van der Waals surface area (Å²) in [5.74, 6) is 0.836. The number of phosphoric acid groups is 1. The molecule has 0 bridgehead atoms. The van der Waals surface area contributed by atoms with Crippen molar-refractivity contribution in [2.75, 3.05) is 33.0 Å². The quantitative estimate of drug-likeness (QED) is 0.329. The summed E-state index contributed by atoms with van der Waals surface area (Å²) >= 11 is 0. The van der Waals surface area contributed by atoms with Crippen molar-refractivity contribution in [1.29, 1.82) is 0 Å². The van der Waals surface area contributed by atoms with Crippen LogP contribution in [0.1, 0.15) is 39.0 Å². The Labute approximate surface area is 155 Å². The minimum atomic E-state index is -4.42. The first kappa shape index (κ1) is 23.1. The second-order valence-electron chi connectivity index (χ2n) is 5.91. The number of phosphoric ester groups is 1. The second-order valence-corrected chi connectivity index (χ2v) is 7.15. The Hall–Kier alpha value is -0.950. The summed E-state index contributed by atoms with van der Waals surface area (Å²) in [4.78, 5) is 17.1. The fourth-order valence-corrected chi connectivity index (χ4v) is 2.63. The summed E-state index contributed by atoms with van der Waals surface area (Å²) in [5, 5.41) is 0. The van der Waals surface area contributed by atoms with Crippen LogP contribution in [0.25, 0.3) is 0 Å². The standard InChI is InChI=1S/C18H31O7P/c1-2-3-4-6-11-18(25-17-9-7-5-8-10-17)16-23-13-12-22-14-15-24-26(19,20)21/h5,7-10,18H,2-4,6,11-16H2,1H3,(H2,19,20,21). The highest BCUT2D eigenvalue weighted by Gasteiger charge is 2.13. The summed E-state index contributed by atoms with van der Waals surface area (Å²) < 4.78 is 31.6. The Kier molecular flexibility index (Phi) is 12.6. The zero-order valence-corrected chi connectivity index (χ0v) is 16.3. The Morgan fingerprint density at radius 3 is 2.35 bits per heavy atom. The molecule has 0 fully saturated rings. The number of para-hydroxylation sites is 1. The van der Waals surface area contributed by atoms with Gasteiger partial charge in [0.05, 0.1) is 33.0 Å². The smallest absolute Gasteiger partial charge is 0.469 e. The van der Waals surface area contributed by atoms with E-state index in [1.165, 1.54) is 19.3 Å². The maximum Gasteiger partial charge on any atom is 0.469 e. The highest BCUT2D eigenvalue weighted by molar-refractivity contribution is 7.46. The first-order valence-electron chi connectivity index (χ1n) is 9.08. The lowest BCUT2D eigenvalue weighted by Crippen LogP contribution is -2.24. The average molecular weight is 390 g/mol. The average Bonchev–Trinajstić information content (AvgIpc) is 2.60. The number of ether oxygens (including phenoxy) is 3. The first-order chi connectivity index (χ1) is 12.5. The lowest BCUT2D eigenvalue weighted by Gasteiger charge is -2.19. The molecule has 0 aliphatic heterocycles. The van der Waals surface area contributed by atoms with Gasteiger partial charge in [-0.25, -0.2) is 4.57 Å². The molecule has 1 rings (SSSR count). The van der Waals surface area contributed by atoms with Crippen LogP contribution in [0.2, 0.25) is 0 Å². The molecule has 8 heteroatoms. The molecule has 0 saturated heterocycles. The van der Waals surface area contributed by atoms with E-state index < -0.39 is 7.82 Å². The predicted molar refractivity (Wildman–Crippen MR) is 99.3 cm³/mol. The van der Waals surface area contributed by atoms with Crippen molar-refractivity contribution < 1.29 is 33.1 Å². The minimum Gasteiger partial charge on any atom is -0.488 e. The maximum absolute atomic E-state index is 10.5. The van der Waals surface area contributed by atoms with Crippen LogP contribution in [0.5, 0.6) is 5.75 Å². The number of rotatable bonds is 16. The Balaban J connectivity index is 2.19. The molecule has 1 aromatic carbocycles. The van der Waals surface area contributed by atoms with E-state index in [4.69, 9.17) is 24.0 Å². The van der Waals surface area contributed by atoms with E-state index in [1.54, 1.807) is 0 Å². The van der Waals surface area contributed by atoms with Crippen LogP contribution in [-0.2, 0) is 18.6 Å². The van der Waals surface area contributed by atoms with E-state index in [1.807, 2.05) is 30.3 Å². The third kappa shape index (κ3) is 13.3. The molecule has 150 valence electrons. The molecule has 1 aromatic rings. The fraction of sp³-hybridized carbons (Fsp3) is 0.667. The molecule has 0 radical (unpaired) electrons. The van der Waals surface area contributed by atoms with Gasteiger partial charge in [0.1, 0.15) is 11.9 Å².